The molecule has 0 saturated carbocycles. The topological polar surface area (TPSA) is 84.1 Å². The van der Waals surface area contributed by atoms with Gasteiger partial charge in [-0.1, -0.05) is 0 Å². The van der Waals surface area contributed by atoms with E-state index in [2.05, 4.69) is 0 Å². The van der Waals surface area contributed by atoms with E-state index in [1.807, 2.05) is 13.8 Å². The van der Waals surface area contributed by atoms with Gasteiger partial charge in [0.2, 0.25) is 0 Å². The summed E-state index contributed by atoms with van der Waals surface area (Å²) in [6.45, 7) is 5.13. The summed E-state index contributed by atoms with van der Waals surface area (Å²) in [6.07, 6.45) is 2.96. The second-order valence-electron chi connectivity index (χ2n) is 4.17. The summed E-state index contributed by atoms with van der Waals surface area (Å²) in [5, 5.41) is 0. The SMILES string of the molecule is CC1OCCCC1=O.CC1OCCCC1=O.O. The first-order chi connectivity index (χ1) is 7.61. The van der Waals surface area contributed by atoms with Gasteiger partial charge in [0.15, 0.2) is 11.6 Å². The van der Waals surface area contributed by atoms with E-state index in [0.717, 1.165) is 26.1 Å². The van der Waals surface area contributed by atoms with Crippen LogP contribution in [-0.2, 0) is 19.1 Å². The van der Waals surface area contributed by atoms with E-state index in [1.54, 1.807) is 0 Å². The highest BCUT2D eigenvalue weighted by Gasteiger charge is 2.17. The first-order valence-corrected chi connectivity index (χ1v) is 5.90. The van der Waals surface area contributed by atoms with Crippen LogP contribution >= 0.6 is 0 Å². The normalized spacial score (nSPS) is 28.8. The lowest BCUT2D eigenvalue weighted by Gasteiger charge is -2.16. The van der Waals surface area contributed by atoms with Crippen LogP contribution in [0.15, 0.2) is 0 Å². The predicted molar refractivity (Wildman–Crippen MR) is 62.9 cm³/mol. The standard InChI is InChI=1S/2C6H10O2.H2O/c2*1-5-6(7)3-2-4-8-5;/h2*5H,2-4H2,1H3;1H2. The van der Waals surface area contributed by atoms with E-state index in [0.29, 0.717) is 12.8 Å². The van der Waals surface area contributed by atoms with Crippen LogP contribution in [0.3, 0.4) is 0 Å². The molecule has 2 unspecified atom stereocenters. The smallest absolute Gasteiger partial charge is 0.161 e. The molecular formula is C12H22O5. The monoisotopic (exact) mass is 246 g/mol. The Balaban J connectivity index is 0.000000284. The lowest BCUT2D eigenvalue weighted by molar-refractivity contribution is -0.134. The largest absolute Gasteiger partial charge is 0.412 e. The van der Waals surface area contributed by atoms with Crippen LogP contribution in [0.2, 0.25) is 0 Å². The lowest BCUT2D eigenvalue weighted by Crippen LogP contribution is -2.26. The maximum absolute atomic E-state index is 10.7. The third-order valence-electron chi connectivity index (χ3n) is 2.78. The molecule has 2 atom stereocenters. The van der Waals surface area contributed by atoms with Crippen LogP contribution in [0.25, 0.3) is 0 Å². The minimum atomic E-state index is -0.135. The Bertz CT molecular complexity index is 225. The van der Waals surface area contributed by atoms with E-state index in [1.165, 1.54) is 0 Å². The van der Waals surface area contributed by atoms with Gasteiger partial charge in [0.25, 0.3) is 0 Å². The summed E-state index contributed by atoms with van der Waals surface area (Å²) >= 11 is 0. The van der Waals surface area contributed by atoms with Crippen molar-refractivity contribution in [3.63, 3.8) is 0 Å². The van der Waals surface area contributed by atoms with Gasteiger partial charge in [-0.3, -0.25) is 9.59 Å². The number of carbonyl (C=O) groups excluding carboxylic acids is 2. The number of ketones is 2. The Labute approximate surface area is 102 Å². The van der Waals surface area contributed by atoms with Crippen molar-refractivity contribution >= 4 is 11.6 Å². The molecule has 5 nitrogen and oxygen atoms in total. The summed E-state index contributed by atoms with van der Waals surface area (Å²) < 4.78 is 10.1. The Morgan fingerprint density at radius 1 is 0.882 bits per heavy atom. The van der Waals surface area contributed by atoms with Gasteiger partial charge in [-0.05, 0) is 26.7 Å². The fourth-order valence-electron chi connectivity index (χ4n) is 1.61. The van der Waals surface area contributed by atoms with Crippen molar-refractivity contribution in [2.75, 3.05) is 13.2 Å². The third-order valence-corrected chi connectivity index (χ3v) is 2.78. The van der Waals surface area contributed by atoms with Crippen molar-refractivity contribution in [2.45, 2.75) is 51.7 Å². The maximum Gasteiger partial charge on any atom is 0.161 e. The highest BCUT2D eigenvalue weighted by Crippen LogP contribution is 2.07. The van der Waals surface area contributed by atoms with Crippen molar-refractivity contribution in [3.8, 4) is 0 Å². The fourth-order valence-corrected chi connectivity index (χ4v) is 1.61. The summed E-state index contributed by atoms with van der Waals surface area (Å²) in [7, 11) is 0. The molecule has 17 heavy (non-hydrogen) atoms. The van der Waals surface area contributed by atoms with Crippen molar-refractivity contribution in [1.82, 2.24) is 0 Å². The number of Topliss-reactive ketones (excluding diaryl/α,β-unsaturated/α-hetero) is 2. The molecule has 2 fully saturated rings. The van der Waals surface area contributed by atoms with Gasteiger partial charge in [0, 0.05) is 26.1 Å². The van der Waals surface area contributed by atoms with E-state index >= 15 is 0 Å². The molecule has 0 aromatic carbocycles. The molecule has 2 saturated heterocycles. The molecule has 2 aliphatic heterocycles. The zero-order valence-electron chi connectivity index (χ0n) is 10.5. The fraction of sp³-hybridized carbons (Fsp3) is 0.833. The zero-order valence-corrected chi connectivity index (χ0v) is 10.5. The quantitative estimate of drug-likeness (QED) is 0.629. The van der Waals surface area contributed by atoms with Gasteiger partial charge < -0.3 is 14.9 Å². The second-order valence-corrected chi connectivity index (χ2v) is 4.17. The maximum atomic E-state index is 10.7. The first-order valence-electron chi connectivity index (χ1n) is 5.90. The molecule has 0 amide bonds. The van der Waals surface area contributed by atoms with Crippen molar-refractivity contribution in [1.29, 1.82) is 0 Å². The molecule has 100 valence electrons. The number of ether oxygens (including phenoxy) is 2. The van der Waals surface area contributed by atoms with Crippen LogP contribution in [0.5, 0.6) is 0 Å². The number of hydrogen-bond donors (Lipinski definition) is 0. The van der Waals surface area contributed by atoms with E-state index in [9.17, 15) is 9.59 Å². The lowest BCUT2D eigenvalue weighted by atomic mass is 10.1. The molecule has 5 heteroatoms. The number of hydrogen-bond acceptors (Lipinski definition) is 4. The highest BCUT2D eigenvalue weighted by molar-refractivity contribution is 5.83. The summed E-state index contributed by atoms with van der Waals surface area (Å²) in [5.74, 6) is 0.493. The van der Waals surface area contributed by atoms with Gasteiger partial charge in [0.05, 0.1) is 0 Å². The van der Waals surface area contributed by atoms with Gasteiger partial charge in [0.1, 0.15) is 12.2 Å². The molecule has 0 aromatic heterocycles. The Hall–Kier alpha value is -0.780. The second kappa shape index (κ2) is 8.33. The van der Waals surface area contributed by atoms with Crippen LogP contribution in [0.1, 0.15) is 39.5 Å². The third kappa shape index (κ3) is 5.91. The van der Waals surface area contributed by atoms with Gasteiger partial charge in [-0.2, -0.15) is 0 Å². The van der Waals surface area contributed by atoms with E-state index in [4.69, 9.17) is 9.47 Å². The molecule has 0 aliphatic carbocycles. The minimum Gasteiger partial charge on any atom is -0.412 e. The average Bonchev–Trinajstić information content (AvgIpc) is 2.28. The van der Waals surface area contributed by atoms with Crippen LogP contribution in [0, 0.1) is 0 Å². The number of carbonyl (C=O) groups is 2. The summed E-state index contributed by atoms with van der Waals surface area (Å²) in [4.78, 5) is 21.3. The van der Waals surface area contributed by atoms with Crippen LogP contribution in [-0.4, -0.2) is 42.5 Å². The minimum absolute atomic E-state index is 0. The predicted octanol–water partition coefficient (Wildman–Crippen LogP) is 0.684. The van der Waals surface area contributed by atoms with Gasteiger partial charge in [-0.15, -0.1) is 0 Å². The molecule has 2 rings (SSSR count). The van der Waals surface area contributed by atoms with Gasteiger partial charge in [-0.25, -0.2) is 0 Å². The Morgan fingerprint density at radius 2 is 1.24 bits per heavy atom. The van der Waals surface area contributed by atoms with Crippen LogP contribution < -0.4 is 0 Å². The van der Waals surface area contributed by atoms with E-state index < -0.39 is 0 Å². The molecule has 0 spiro atoms. The zero-order chi connectivity index (χ0) is 12.0. The molecule has 2 aliphatic rings. The summed E-state index contributed by atoms with van der Waals surface area (Å²) in [6, 6.07) is 0. The average molecular weight is 246 g/mol. The molecular weight excluding hydrogens is 224 g/mol. The van der Waals surface area contributed by atoms with Crippen molar-refractivity contribution in [2.24, 2.45) is 0 Å². The Kier molecular flexibility index (Phi) is 7.95. The molecule has 2 N–H and O–H groups in total. The molecule has 0 bridgehead atoms. The molecule has 0 radical (unpaired) electrons. The molecule has 0 aromatic rings. The van der Waals surface area contributed by atoms with E-state index in [-0.39, 0.29) is 29.3 Å². The highest BCUT2D eigenvalue weighted by atomic mass is 16.5. The number of rotatable bonds is 0. The summed E-state index contributed by atoms with van der Waals surface area (Å²) in [5.41, 5.74) is 0. The first kappa shape index (κ1) is 16.2. The van der Waals surface area contributed by atoms with Crippen molar-refractivity contribution in [3.05, 3.63) is 0 Å². The van der Waals surface area contributed by atoms with Crippen molar-refractivity contribution < 1.29 is 24.5 Å². The van der Waals surface area contributed by atoms with Gasteiger partial charge >= 0.3 is 0 Å². The molecule has 2 heterocycles. The Morgan fingerprint density at radius 3 is 1.41 bits per heavy atom. The van der Waals surface area contributed by atoms with Crippen LogP contribution in [0.4, 0.5) is 0 Å².